The van der Waals surface area contributed by atoms with E-state index in [1.807, 2.05) is 0 Å². The van der Waals surface area contributed by atoms with Crippen LogP contribution in [0.5, 0.6) is 0 Å². The van der Waals surface area contributed by atoms with E-state index in [4.69, 9.17) is 0 Å². The Balaban J connectivity index is 4.49. The van der Waals surface area contributed by atoms with Crippen molar-refractivity contribution in [1.82, 2.24) is 0 Å². The molecule has 0 aromatic heterocycles. The van der Waals surface area contributed by atoms with Crippen LogP contribution < -0.4 is 10.2 Å². The fourth-order valence-electron chi connectivity index (χ4n) is 0.328. The molecule has 0 atom stereocenters. The van der Waals surface area contributed by atoms with E-state index in [1.54, 1.807) is 0 Å². The average Bonchev–Trinajstić information content (AvgIpc) is 1.81. The molecule has 4 nitrogen and oxygen atoms in total. The first-order valence-electron chi connectivity index (χ1n) is 2.34. The predicted octanol–water partition coefficient (Wildman–Crippen LogP) is -2.40. The summed E-state index contributed by atoms with van der Waals surface area (Å²) >= 11 is 0. The van der Waals surface area contributed by atoms with Gasteiger partial charge in [0.1, 0.15) is 0 Å². The highest BCUT2D eigenvalue weighted by molar-refractivity contribution is 5.95. The van der Waals surface area contributed by atoms with Gasteiger partial charge in [-0.15, -0.1) is 0 Å². The monoisotopic (exact) mass is 140 g/mol. The summed E-state index contributed by atoms with van der Waals surface area (Å²) in [7, 11) is 0. The van der Waals surface area contributed by atoms with Crippen LogP contribution in [0.4, 0.5) is 0 Å². The molecule has 0 heterocycles. The van der Waals surface area contributed by atoms with Crippen LogP contribution in [-0.4, -0.2) is 11.9 Å². The molecule has 0 N–H and O–H groups in total. The maximum atomic E-state index is 9.92. The van der Waals surface area contributed by atoms with Crippen molar-refractivity contribution in [3.63, 3.8) is 0 Å². The Morgan fingerprint density at radius 2 is 1.80 bits per heavy atom. The summed E-state index contributed by atoms with van der Waals surface area (Å²) in [6.45, 7) is 3.06. The van der Waals surface area contributed by atoms with Crippen molar-refractivity contribution >= 4 is 11.9 Å². The molecule has 0 radical (unpaired) electrons. The second kappa shape index (κ2) is 3.45. The summed E-state index contributed by atoms with van der Waals surface area (Å²) in [6.07, 6.45) is 1.27. The average molecular weight is 140 g/mol. The van der Waals surface area contributed by atoms with E-state index in [0.717, 1.165) is 6.08 Å². The van der Waals surface area contributed by atoms with Crippen molar-refractivity contribution in [2.75, 3.05) is 0 Å². The van der Waals surface area contributed by atoms with Crippen molar-refractivity contribution in [2.45, 2.75) is 0 Å². The first-order valence-corrected chi connectivity index (χ1v) is 2.34. The maximum absolute atomic E-state index is 9.92. The first-order chi connectivity index (χ1) is 4.57. The fraction of sp³-hybridized carbons (Fsp3) is 0. The van der Waals surface area contributed by atoms with Gasteiger partial charge >= 0.3 is 0 Å². The van der Waals surface area contributed by atoms with Gasteiger partial charge in [-0.2, -0.15) is 0 Å². The zero-order chi connectivity index (χ0) is 8.15. The van der Waals surface area contributed by atoms with Crippen molar-refractivity contribution in [1.29, 1.82) is 0 Å². The highest BCUT2D eigenvalue weighted by atomic mass is 16.4. The van der Waals surface area contributed by atoms with Gasteiger partial charge in [0.2, 0.25) is 0 Å². The molecule has 0 aliphatic carbocycles. The summed E-state index contributed by atoms with van der Waals surface area (Å²) in [6, 6.07) is 0. The number of hydrogen-bond acceptors (Lipinski definition) is 4. The van der Waals surface area contributed by atoms with Crippen LogP contribution in [0.2, 0.25) is 0 Å². The minimum Gasteiger partial charge on any atom is -0.545 e. The van der Waals surface area contributed by atoms with Gasteiger partial charge in [0.05, 0.1) is 11.9 Å². The van der Waals surface area contributed by atoms with Crippen LogP contribution >= 0.6 is 0 Å². The number of aliphatic carboxylic acids is 2. The Morgan fingerprint density at radius 1 is 1.30 bits per heavy atom. The Hall–Kier alpha value is -1.58. The highest BCUT2D eigenvalue weighted by Crippen LogP contribution is 1.90. The van der Waals surface area contributed by atoms with Crippen LogP contribution in [-0.2, 0) is 9.59 Å². The topological polar surface area (TPSA) is 80.3 Å². The molecular formula is C6H4O4-2. The van der Waals surface area contributed by atoms with Crippen molar-refractivity contribution in [3.8, 4) is 0 Å². The molecule has 0 rings (SSSR count). The van der Waals surface area contributed by atoms with E-state index in [0.29, 0.717) is 6.08 Å². The number of carbonyl (C=O) groups excluding carboxylic acids is 2. The third-order valence-corrected chi connectivity index (χ3v) is 0.729. The van der Waals surface area contributed by atoms with Crippen molar-refractivity contribution in [3.05, 3.63) is 24.3 Å². The molecule has 0 saturated heterocycles. The summed E-state index contributed by atoms with van der Waals surface area (Å²) in [4.78, 5) is 19.7. The largest absolute Gasteiger partial charge is 0.545 e. The summed E-state index contributed by atoms with van der Waals surface area (Å²) in [5, 5.41) is 19.7. The minimum absolute atomic E-state index is 0.405. The molecule has 0 aliphatic rings. The quantitative estimate of drug-likeness (QED) is 0.323. The van der Waals surface area contributed by atoms with Gasteiger partial charge in [-0.25, -0.2) is 0 Å². The van der Waals surface area contributed by atoms with Crippen LogP contribution in [0.15, 0.2) is 24.3 Å². The zero-order valence-corrected chi connectivity index (χ0v) is 4.99. The van der Waals surface area contributed by atoms with E-state index in [1.165, 1.54) is 0 Å². The molecule has 0 aromatic rings. The molecule has 0 unspecified atom stereocenters. The number of carboxylic acid groups (broad SMARTS) is 2. The van der Waals surface area contributed by atoms with Gasteiger partial charge in [0.15, 0.2) is 0 Å². The van der Waals surface area contributed by atoms with Gasteiger partial charge in [-0.1, -0.05) is 12.7 Å². The molecule has 0 fully saturated rings. The van der Waals surface area contributed by atoms with Crippen LogP contribution in [0, 0.1) is 0 Å². The lowest BCUT2D eigenvalue weighted by molar-refractivity contribution is -0.302. The van der Waals surface area contributed by atoms with E-state index in [9.17, 15) is 19.8 Å². The number of carboxylic acids is 2. The molecule has 4 heteroatoms. The highest BCUT2D eigenvalue weighted by Gasteiger charge is 1.89. The Morgan fingerprint density at radius 3 is 1.90 bits per heavy atom. The van der Waals surface area contributed by atoms with Crippen molar-refractivity contribution < 1.29 is 19.8 Å². The first kappa shape index (κ1) is 8.42. The van der Waals surface area contributed by atoms with E-state index in [2.05, 4.69) is 6.58 Å². The van der Waals surface area contributed by atoms with E-state index in [-0.39, 0.29) is 0 Å². The lowest BCUT2D eigenvalue weighted by Gasteiger charge is -2.01. The molecule has 0 bridgehead atoms. The smallest absolute Gasteiger partial charge is 0.0715 e. The standard InChI is InChI=1S/C6H6O4/c1-2-4(6(9)10)3-5(7)8/h2-3H,1H2,(H,7,8)(H,9,10)/p-2/b4-3-. The predicted molar refractivity (Wildman–Crippen MR) is 28.3 cm³/mol. The molecule has 10 heavy (non-hydrogen) atoms. The molecule has 0 aliphatic heterocycles. The normalized spacial score (nSPS) is 10.6. The van der Waals surface area contributed by atoms with E-state index < -0.39 is 17.5 Å². The maximum Gasteiger partial charge on any atom is 0.0715 e. The Kier molecular flexibility index (Phi) is 2.90. The lowest BCUT2D eigenvalue weighted by Crippen LogP contribution is -2.27. The number of carbonyl (C=O) groups is 2. The van der Waals surface area contributed by atoms with Crippen LogP contribution in [0.3, 0.4) is 0 Å². The Labute approximate surface area is 57.1 Å². The molecule has 54 valence electrons. The van der Waals surface area contributed by atoms with Crippen LogP contribution in [0.25, 0.3) is 0 Å². The van der Waals surface area contributed by atoms with Gasteiger partial charge in [0.25, 0.3) is 0 Å². The number of rotatable bonds is 3. The van der Waals surface area contributed by atoms with Gasteiger partial charge in [-0.3, -0.25) is 0 Å². The molecule has 0 spiro atoms. The van der Waals surface area contributed by atoms with Crippen LogP contribution in [0.1, 0.15) is 0 Å². The third-order valence-electron chi connectivity index (χ3n) is 0.729. The molecule has 0 aromatic carbocycles. The van der Waals surface area contributed by atoms with Gasteiger partial charge in [-0.05, 0) is 11.6 Å². The summed E-state index contributed by atoms with van der Waals surface area (Å²) < 4.78 is 0. The summed E-state index contributed by atoms with van der Waals surface area (Å²) in [5.41, 5.74) is -0.500. The lowest BCUT2D eigenvalue weighted by atomic mass is 10.2. The second-order valence-electron chi connectivity index (χ2n) is 1.41. The minimum atomic E-state index is -1.58. The number of hydrogen-bond donors (Lipinski definition) is 0. The van der Waals surface area contributed by atoms with E-state index >= 15 is 0 Å². The van der Waals surface area contributed by atoms with Gasteiger partial charge < -0.3 is 19.8 Å². The molecular weight excluding hydrogens is 136 g/mol. The second-order valence-corrected chi connectivity index (χ2v) is 1.41. The Bertz CT molecular complexity index is 202. The third kappa shape index (κ3) is 2.66. The van der Waals surface area contributed by atoms with Gasteiger partial charge in [0, 0.05) is 0 Å². The summed E-state index contributed by atoms with van der Waals surface area (Å²) in [5.74, 6) is -3.17. The zero-order valence-electron chi connectivity index (χ0n) is 4.99. The molecule has 0 amide bonds. The molecule has 0 saturated carbocycles. The fourth-order valence-corrected chi connectivity index (χ4v) is 0.328. The SMILES string of the molecule is C=C/C(=C/C(=O)[O-])C(=O)[O-]. The van der Waals surface area contributed by atoms with Crippen molar-refractivity contribution in [2.24, 2.45) is 0 Å².